The Morgan fingerprint density at radius 1 is 1.21 bits per heavy atom. The lowest BCUT2D eigenvalue weighted by Gasteiger charge is -2.43. The fourth-order valence-electron chi connectivity index (χ4n) is 4.08. The van der Waals surface area contributed by atoms with Gasteiger partial charge in [0.25, 0.3) is 0 Å². The number of β-amino-alcohol motifs (C(OH)–C–C–N with tert-alkyl or cyclic N) is 1. The molecule has 0 saturated carbocycles. The van der Waals surface area contributed by atoms with E-state index < -0.39 is 6.10 Å². The fraction of sp³-hybridized carbons (Fsp3) is 0.435. The summed E-state index contributed by atoms with van der Waals surface area (Å²) < 4.78 is 13.1. The lowest BCUT2D eigenvalue weighted by atomic mass is 9.91. The Morgan fingerprint density at radius 2 is 1.89 bits per heavy atom. The SMILES string of the molecule is CCC(=O)N(c1ccccc1)[C@@H]1CCN(C[C@@H](O)c2ccc(F)cc2)C[C@@H]1C. The maximum atomic E-state index is 13.1. The Balaban J connectivity index is 1.66. The minimum atomic E-state index is -0.646. The molecule has 1 N–H and O–H groups in total. The van der Waals surface area contributed by atoms with Crippen LogP contribution in [0.1, 0.15) is 38.4 Å². The van der Waals surface area contributed by atoms with Crippen LogP contribution in [0, 0.1) is 11.7 Å². The molecular weight excluding hydrogens is 355 g/mol. The van der Waals surface area contributed by atoms with Crippen molar-refractivity contribution in [2.75, 3.05) is 24.5 Å². The van der Waals surface area contributed by atoms with Crippen molar-refractivity contribution in [3.8, 4) is 0 Å². The number of hydrogen-bond donors (Lipinski definition) is 1. The van der Waals surface area contributed by atoms with Gasteiger partial charge in [-0.2, -0.15) is 0 Å². The smallest absolute Gasteiger partial charge is 0.226 e. The topological polar surface area (TPSA) is 43.8 Å². The van der Waals surface area contributed by atoms with Gasteiger partial charge in [-0.1, -0.05) is 44.2 Å². The highest BCUT2D eigenvalue weighted by Gasteiger charge is 2.34. The monoisotopic (exact) mass is 384 g/mol. The van der Waals surface area contributed by atoms with E-state index in [1.165, 1.54) is 12.1 Å². The number of nitrogens with zero attached hydrogens (tertiary/aromatic N) is 2. The number of aliphatic hydroxyl groups excluding tert-OH is 1. The maximum absolute atomic E-state index is 13.1. The van der Waals surface area contributed by atoms with Crippen molar-refractivity contribution >= 4 is 11.6 Å². The molecule has 5 heteroatoms. The van der Waals surface area contributed by atoms with Crippen LogP contribution in [0.5, 0.6) is 0 Å². The molecule has 150 valence electrons. The van der Waals surface area contributed by atoms with Crippen LogP contribution in [-0.4, -0.2) is 41.6 Å². The molecule has 4 nitrogen and oxygen atoms in total. The summed E-state index contributed by atoms with van der Waals surface area (Å²) in [5.41, 5.74) is 1.68. The molecule has 1 aliphatic rings. The number of carbonyl (C=O) groups is 1. The molecular formula is C23H29FN2O2. The van der Waals surface area contributed by atoms with Gasteiger partial charge < -0.3 is 10.0 Å². The molecule has 0 aromatic heterocycles. The number of rotatable bonds is 6. The number of halogens is 1. The number of hydrogen-bond acceptors (Lipinski definition) is 3. The third-order valence-electron chi connectivity index (χ3n) is 5.57. The number of amides is 1. The van der Waals surface area contributed by atoms with Crippen molar-refractivity contribution in [3.05, 3.63) is 66.0 Å². The van der Waals surface area contributed by atoms with E-state index in [1.54, 1.807) is 12.1 Å². The lowest BCUT2D eigenvalue weighted by molar-refractivity contribution is -0.119. The number of aliphatic hydroxyl groups is 1. The molecule has 0 spiro atoms. The van der Waals surface area contributed by atoms with E-state index in [9.17, 15) is 14.3 Å². The molecule has 0 unspecified atom stereocenters. The van der Waals surface area contributed by atoms with Crippen LogP contribution in [0.2, 0.25) is 0 Å². The number of anilines is 1. The van der Waals surface area contributed by atoms with E-state index in [4.69, 9.17) is 0 Å². The van der Waals surface area contributed by atoms with Crippen molar-refractivity contribution in [1.82, 2.24) is 4.90 Å². The quantitative estimate of drug-likeness (QED) is 0.818. The average Bonchev–Trinajstić information content (AvgIpc) is 2.71. The minimum absolute atomic E-state index is 0.142. The van der Waals surface area contributed by atoms with Crippen LogP contribution in [0.15, 0.2) is 54.6 Å². The Kier molecular flexibility index (Phi) is 6.81. The Labute approximate surface area is 166 Å². The van der Waals surface area contributed by atoms with Gasteiger partial charge in [-0.3, -0.25) is 9.69 Å². The molecule has 3 rings (SSSR count). The lowest BCUT2D eigenvalue weighted by Crippen LogP contribution is -2.52. The van der Waals surface area contributed by atoms with Gasteiger partial charge >= 0.3 is 0 Å². The van der Waals surface area contributed by atoms with E-state index in [0.717, 1.165) is 30.8 Å². The van der Waals surface area contributed by atoms with Crippen LogP contribution in [0.3, 0.4) is 0 Å². The summed E-state index contributed by atoms with van der Waals surface area (Å²) in [7, 11) is 0. The number of carbonyl (C=O) groups excluding carboxylic acids is 1. The van der Waals surface area contributed by atoms with Gasteiger partial charge in [0.1, 0.15) is 5.82 Å². The first-order valence-corrected chi connectivity index (χ1v) is 10.0. The van der Waals surface area contributed by atoms with Crippen LogP contribution in [-0.2, 0) is 4.79 Å². The first-order valence-electron chi connectivity index (χ1n) is 10.0. The third kappa shape index (κ3) is 4.78. The maximum Gasteiger partial charge on any atom is 0.226 e. The number of para-hydroxylation sites is 1. The van der Waals surface area contributed by atoms with E-state index >= 15 is 0 Å². The van der Waals surface area contributed by atoms with Crippen LogP contribution in [0.4, 0.5) is 10.1 Å². The van der Waals surface area contributed by atoms with E-state index in [1.807, 2.05) is 42.2 Å². The predicted molar refractivity (Wildman–Crippen MR) is 110 cm³/mol. The standard InChI is InChI=1S/C23H29FN2O2/c1-3-23(28)26(20-7-5-4-6-8-20)21-13-14-25(15-17(21)2)16-22(27)18-9-11-19(24)12-10-18/h4-12,17,21-22,27H,3,13-16H2,1-2H3/t17-,21+,22+/m0/s1. The van der Waals surface area contributed by atoms with Crippen molar-refractivity contribution in [3.63, 3.8) is 0 Å². The highest BCUT2D eigenvalue weighted by molar-refractivity contribution is 5.93. The number of benzene rings is 2. The summed E-state index contributed by atoms with van der Waals surface area (Å²) in [6, 6.07) is 16.0. The molecule has 28 heavy (non-hydrogen) atoms. The molecule has 0 radical (unpaired) electrons. The van der Waals surface area contributed by atoms with Crippen LogP contribution < -0.4 is 4.90 Å². The second kappa shape index (κ2) is 9.30. The van der Waals surface area contributed by atoms with Crippen molar-refractivity contribution < 1.29 is 14.3 Å². The average molecular weight is 384 g/mol. The van der Waals surface area contributed by atoms with Gasteiger partial charge in [0.2, 0.25) is 5.91 Å². The summed E-state index contributed by atoms with van der Waals surface area (Å²) in [4.78, 5) is 16.9. The molecule has 2 aromatic rings. The summed E-state index contributed by atoms with van der Waals surface area (Å²) in [6.07, 6.45) is 0.690. The summed E-state index contributed by atoms with van der Waals surface area (Å²) in [6.45, 7) is 6.20. The normalized spacial score (nSPS) is 21.3. The van der Waals surface area contributed by atoms with E-state index in [0.29, 0.717) is 13.0 Å². The van der Waals surface area contributed by atoms with E-state index in [2.05, 4.69) is 11.8 Å². The van der Waals surface area contributed by atoms with Gasteiger partial charge in [-0.25, -0.2) is 4.39 Å². The largest absolute Gasteiger partial charge is 0.387 e. The second-order valence-electron chi connectivity index (χ2n) is 7.61. The third-order valence-corrected chi connectivity index (χ3v) is 5.57. The Bertz CT molecular complexity index is 766. The van der Waals surface area contributed by atoms with Crippen molar-refractivity contribution in [2.45, 2.75) is 38.8 Å². The number of likely N-dealkylation sites (tertiary alicyclic amines) is 1. The van der Waals surface area contributed by atoms with Crippen molar-refractivity contribution in [1.29, 1.82) is 0 Å². The highest BCUT2D eigenvalue weighted by Crippen LogP contribution is 2.29. The molecule has 0 aliphatic carbocycles. The molecule has 1 fully saturated rings. The van der Waals surface area contributed by atoms with Crippen molar-refractivity contribution in [2.24, 2.45) is 5.92 Å². The van der Waals surface area contributed by atoms with Crippen LogP contribution >= 0.6 is 0 Å². The zero-order valence-corrected chi connectivity index (χ0v) is 16.6. The molecule has 0 bridgehead atoms. The molecule has 1 saturated heterocycles. The van der Waals surface area contributed by atoms with Gasteiger partial charge in [0, 0.05) is 37.8 Å². The Hall–Kier alpha value is -2.24. The van der Waals surface area contributed by atoms with Gasteiger partial charge in [-0.05, 0) is 42.2 Å². The summed E-state index contributed by atoms with van der Waals surface area (Å²) in [5, 5.41) is 10.5. The number of piperidine rings is 1. The zero-order chi connectivity index (χ0) is 20.1. The van der Waals surface area contributed by atoms with Gasteiger partial charge in [0.05, 0.1) is 6.10 Å². The molecule has 1 aliphatic heterocycles. The molecule has 2 aromatic carbocycles. The van der Waals surface area contributed by atoms with Gasteiger partial charge in [-0.15, -0.1) is 0 Å². The molecule has 1 amide bonds. The molecule has 3 atom stereocenters. The highest BCUT2D eigenvalue weighted by atomic mass is 19.1. The fourth-order valence-corrected chi connectivity index (χ4v) is 4.08. The minimum Gasteiger partial charge on any atom is -0.387 e. The first kappa shape index (κ1) is 20.5. The second-order valence-corrected chi connectivity index (χ2v) is 7.61. The first-order chi connectivity index (χ1) is 13.5. The summed E-state index contributed by atoms with van der Waals surface area (Å²) >= 11 is 0. The van der Waals surface area contributed by atoms with Gasteiger partial charge in [0.15, 0.2) is 0 Å². The van der Waals surface area contributed by atoms with Crippen LogP contribution in [0.25, 0.3) is 0 Å². The molecule has 1 heterocycles. The summed E-state index contributed by atoms with van der Waals surface area (Å²) in [5.74, 6) is 0.125. The van der Waals surface area contributed by atoms with E-state index in [-0.39, 0.29) is 23.7 Å². The Morgan fingerprint density at radius 3 is 2.50 bits per heavy atom. The predicted octanol–water partition coefficient (Wildman–Crippen LogP) is 4.01. The zero-order valence-electron chi connectivity index (χ0n) is 16.6.